The smallest absolute Gasteiger partial charge is 0.253 e. The van der Waals surface area contributed by atoms with Crippen LogP contribution in [-0.4, -0.2) is 43.3 Å². The molecule has 0 amide bonds. The van der Waals surface area contributed by atoms with E-state index < -0.39 is 6.04 Å². The highest BCUT2D eigenvalue weighted by Crippen LogP contribution is 2.37. The molecule has 1 aromatic carbocycles. The van der Waals surface area contributed by atoms with Crippen LogP contribution in [0.15, 0.2) is 63.3 Å². The number of furan rings is 1. The van der Waals surface area contributed by atoms with Crippen LogP contribution >= 0.6 is 11.3 Å². The number of pyridine rings is 1. The molecule has 10 nitrogen and oxygen atoms in total. The van der Waals surface area contributed by atoms with Crippen molar-refractivity contribution >= 4 is 22.2 Å². The van der Waals surface area contributed by atoms with Gasteiger partial charge in [-0.2, -0.15) is 0 Å². The minimum absolute atomic E-state index is 0.219. The lowest BCUT2D eigenvalue weighted by Crippen LogP contribution is -2.37. The Morgan fingerprint density at radius 3 is 2.67 bits per heavy atom. The monoisotopic (exact) mass is 546 g/mol. The van der Waals surface area contributed by atoms with E-state index >= 15 is 0 Å². The SMILES string of the molecule is CCC(C)(C)n1nnnc1C(c1cc2cc3c(cc2[nH]c1=O)OCCO3)N(Cc1ccco1)Cc1cccs1. The molecule has 1 N–H and O–H groups in total. The molecule has 0 saturated carbocycles. The van der Waals surface area contributed by atoms with Crippen molar-refractivity contribution in [2.45, 2.75) is 51.9 Å². The fraction of sp³-hybridized carbons (Fsp3) is 0.357. The number of benzene rings is 1. The van der Waals surface area contributed by atoms with Gasteiger partial charge in [-0.05, 0) is 66.4 Å². The number of nitrogens with zero attached hydrogens (tertiary/aromatic N) is 5. The Balaban J connectivity index is 1.55. The minimum atomic E-state index is -0.570. The van der Waals surface area contributed by atoms with Crippen molar-refractivity contribution in [3.05, 3.63) is 86.5 Å². The van der Waals surface area contributed by atoms with Crippen LogP contribution < -0.4 is 15.0 Å². The third-order valence-corrected chi connectivity index (χ3v) is 8.11. The second kappa shape index (κ2) is 10.3. The molecule has 6 rings (SSSR count). The molecule has 0 spiro atoms. The Morgan fingerprint density at radius 1 is 1.13 bits per heavy atom. The Kier molecular flexibility index (Phi) is 6.69. The summed E-state index contributed by atoms with van der Waals surface area (Å²) < 4.78 is 19.2. The average Bonchev–Trinajstić information content (AvgIpc) is 3.72. The van der Waals surface area contributed by atoms with Crippen LogP contribution in [0.2, 0.25) is 0 Å². The number of hydrogen-bond donors (Lipinski definition) is 1. The summed E-state index contributed by atoms with van der Waals surface area (Å²) in [7, 11) is 0. The van der Waals surface area contributed by atoms with Gasteiger partial charge in [0.25, 0.3) is 5.56 Å². The van der Waals surface area contributed by atoms with Gasteiger partial charge in [0.05, 0.1) is 23.9 Å². The Bertz CT molecular complexity index is 1590. The molecule has 1 unspecified atom stereocenters. The molecule has 1 aliphatic rings. The quantitative estimate of drug-likeness (QED) is 0.279. The Hall–Kier alpha value is -3.96. The van der Waals surface area contributed by atoms with Crippen molar-refractivity contribution in [2.24, 2.45) is 0 Å². The zero-order valence-electron chi connectivity index (χ0n) is 22.1. The molecule has 5 heterocycles. The average molecular weight is 547 g/mol. The largest absolute Gasteiger partial charge is 0.486 e. The third-order valence-electron chi connectivity index (χ3n) is 7.25. The number of aromatic amines is 1. The van der Waals surface area contributed by atoms with Crippen molar-refractivity contribution in [2.75, 3.05) is 13.2 Å². The number of hydrogen-bond acceptors (Lipinski definition) is 9. The number of aromatic nitrogens is 5. The summed E-state index contributed by atoms with van der Waals surface area (Å²) in [6.45, 7) is 8.26. The van der Waals surface area contributed by atoms with Gasteiger partial charge in [-0.3, -0.25) is 9.69 Å². The molecule has 0 aliphatic carbocycles. The number of tetrazole rings is 1. The summed E-state index contributed by atoms with van der Waals surface area (Å²) in [5.41, 5.74) is 0.620. The number of rotatable bonds is 9. The fourth-order valence-electron chi connectivity index (χ4n) is 4.85. The van der Waals surface area contributed by atoms with E-state index in [9.17, 15) is 4.79 Å². The lowest BCUT2D eigenvalue weighted by molar-refractivity contribution is 0.169. The van der Waals surface area contributed by atoms with Crippen LogP contribution in [0.5, 0.6) is 11.5 Å². The summed E-state index contributed by atoms with van der Waals surface area (Å²) in [6.07, 6.45) is 2.46. The highest BCUT2D eigenvalue weighted by atomic mass is 32.1. The van der Waals surface area contributed by atoms with Crippen LogP contribution in [0, 0.1) is 0 Å². The molecule has 1 atom stereocenters. The highest BCUT2D eigenvalue weighted by molar-refractivity contribution is 7.09. The van der Waals surface area contributed by atoms with Crippen LogP contribution in [0.4, 0.5) is 0 Å². The second-order valence-electron chi connectivity index (χ2n) is 10.2. The lowest BCUT2D eigenvalue weighted by Gasteiger charge is -2.33. The third kappa shape index (κ3) is 4.95. The van der Waals surface area contributed by atoms with Gasteiger partial charge in [0.1, 0.15) is 25.0 Å². The summed E-state index contributed by atoms with van der Waals surface area (Å²) in [4.78, 5) is 20.2. The first kappa shape index (κ1) is 25.3. The molecule has 202 valence electrons. The predicted molar refractivity (Wildman–Crippen MR) is 147 cm³/mol. The Labute approximate surface area is 229 Å². The first-order valence-corrected chi connectivity index (χ1v) is 13.8. The van der Waals surface area contributed by atoms with Crippen molar-refractivity contribution in [3.8, 4) is 11.5 Å². The zero-order chi connectivity index (χ0) is 27.0. The number of fused-ring (bicyclic) bond motifs is 2. The Morgan fingerprint density at radius 2 is 1.95 bits per heavy atom. The summed E-state index contributed by atoms with van der Waals surface area (Å²) in [5, 5.41) is 15.9. The van der Waals surface area contributed by atoms with Crippen molar-refractivity contribution in [3.63, 3.8) is 0 Å². The van der Waals surface area contributed by atoms with Crippen molar-refractivity contribution in [1.29, 1.82) is 0 Å². The van der Waals surface area contributed by atoms with E-state index in [4.69, 9.17) is 13.9 Å². The van der Waals surface area contributed by atoms with Gasteiger partial charge in [0.2, 0.25) is 0 Å². The summed E-state index contributed by atoms with van der Waals surface area (Å²) >= 11 is 1.66. The van der Waals surface area contributed by atoms with Crippen molar-refractivity contribution in [1.82, 2.24) is 30.1 Å². The van der Waals surface area contributed by atoms with E-state index in [2.05, 4.69) is 52.2 Å². The number of ether oxygens (including phenoxy) is 2. The highest BCUT2D eigenvalue weighted by Gasteiger charge is 2.35. The first-order chi connectivity index (χ1) is 18.9. The van der Waals surface area contributed by atoms with Gasteiger partial charge in [0, 0.05) is 28.4 Å². The maximum Gasteiger partial charge on any atom is 0.253 e. The van der Waals surface area contributed by atoms with Crippen molar-refractivity contribution < 1.29 is 13.9 Å². The molecular formula is C28H30N6O4S. The zero-order valence-corrected chi connectivity index (χ0v) is 22.9. The van der Waals surface area contributed by atoms with Gasteiger partial charge in [-0.25, -0.2) is 4.68 Å². The minimum Gasteiger partial charge on any atom is -0.486 e. The molecule has 5 aromatic rings. The van der Waals surface area contributed by atoms with E-state index in [0.717, 1.165) is 22.4 Å². The predicted octanol–water partition coefficient (Wildman–Crippen LogP) is 4.88. The molecule has 0 fully saturated rings. The van der Waals surface area contributed by atoms with Crippen LogP contribution in [0.1, 0.15) is 55.3 Å². The van der Waals surface area contributed by atoms with E-state index in [-0.39, 0.29) is 11.1 Å². The molecule has 0 saturated heterocycles. The van der Waals surface area contributed by atoms with Crippen LogP contribution in [0.25, 0.3) is 10.9 Å². The first-order valence-electron chi connectivity index (χ1n) is 13.0. The molecular weight excluding hydrogens is 516 g/mol. The molecule has 0 radical (unpaired) electrons. The number of nitrogens with one attached hydrogen (secondary N) is 1. The normalized spacial score (nSPS) is 14.3. The van der Waals surface area contributed by atoms with Gasteiger partial charge in [0.15, 0.2) is 17.3 Å². The fourth-order valence-corrected chi connectivity index (χ4v) is 5.58. The standard InChI is InChI=1S/C28H30N6O4S/c1-4-28(2,3)34-26(30-31-32-34)25(33(16-19-7-5-9-36-19)17-20-8-6-12-39-20)21-13-18-14-23-24(38-11-10-37-23)15-22(18)29-27(21)35/h5-9,12-15,25H,4,10-11,16-17H2,1-3H3,(H,29,35). The van der Waals surface area contributed by atoms with Crippen LogP contribution in [0.3, 0.4) is 0 Å². The number of H-pyrrole nitrogens is 1. The van der Waals surface area contributed by atoms with Crippen LogP contribution in [-0.2, 0) is 18.6 Å². The lowest BCUT2D eigenvalue weighted by atomic mass is 9.99. The number of thiophene rings is 1. The van der Waals surface area contributed by atoms with Gasteiger partial charge < -0.3 is 18.9 Å². The topological polar surface area (TPSA) is 111 Å². The van der Waals surface area contributed by atoms with E-state index in [1.54, 1.807) is 17.6 Å². The summed E-state index contributed by atoms with van der Waals surface area (Å²) in [5.74, 6) is 2.65. The van der Waals surface area contributed by atoms with Gasteiger partial charge >= 0.3 is 0 Å². The molecule has 0 bridgehead atoms. The molecule has 4 aromatic heterocycles. The van der Waals surface area contributed by atoms with E-state index in [0.29, 0.717) is 54.7 Å². The van der Waals surface area contributed by atoms with E-state index in [1.807, 2.05) is 46.5 Å². The maximum atomic E-state index is 13.8. The molecule has 1 aliphatic heterocycles. The van der Waals surface area contributed by atoms with E-state index in [1.165, 1.54) is 0 Å². The second-order valence-corrected chi connectivity index (χ2v) is 11.3. The van der Waals surface area contributed by atoms with Gasteiger partial charge in [-0.1, -0.05) is 13.0 Å². The maximum absolute atomic E-state index is 13.8. The summed E-state index contributed by atoms with van der Waals surface area (Å²) in [6, 6.07) is 13.0. The molecule has 39 heavy (non-hydrogen) atoms. The molecule has 11 heteroatoms. The van der Waals surface area contributed by atoms with Gasteiger partial charge in [-0.15, -0.1) is 16.4 Å².